The minimum absolute atomic E-state index is 0.0620. The zero-order chi connectivity index (χ0) is 19.3. The fourth-order valence-electron chi connectivity index (χ4n) is 3.55. The predicted octanol–water partition coefficient (Wildman–Crippen LogP) is 1.68. The zero-order valence-corrected chi connectivity index (χ0v) is 15.5. The smallest absolute Gasteiger partial charge is 0.273 e. The number of piperidine rings is 1. The lowest BCUT2D eigenvalue weighted by atomic mass is 9.96. The molecule has 2 fully saturated rings. The first kappa shape index (κ1) is 18.6. The summed E-state index contributed by atoms with van der Waals surface area (Å²) in [7, 11) is 0. The van der Waals surface area contributed by atoms with E-state index in [9.17, 15) is 9.59 Å². The Bertz CT molecular complexity index is 808. The summed E-state index contributed by atoms with van der Waals surface area (Å²) in [5.41, 5.74) is 0.990. The van der Waals surface area contributed by atoms with Crippen LogP contribution in [0.15, 0.2) is 40.9 Å². The van der Waals surface area contributed by atoms with Crippen molar-refractivity contribution >= 4 is 11.8 Å². The van der Waals surface area contributed by atoms with Crippen LogP contribution < -0.4 is 5.32 Å². The first-order valence-corrected chi connectivity index (χ1v) is 9.52. The second-order valence-corrected chi connectivity index (χ2v) is 6.95. The summed E-state index contributed by atoms with van der Waals surface area (Å²) >= 11 is 0. The number of likely N-dealkylation sites (tertiary alicyclic amines) is 1. The highest BCUT2D eigenvalue weighted by Gasteiger charge is 2.31. The molecule has 28 heavy (non-hydrogen) atoms. The molecule has 148 valence electrons. The maximum Gasteiger partial charge on any atom is 0.273 e. The van der Waals surface area contributed by atoms with Crippen LogP contribution in [0.1, 0.15) is 23.3 Å². The first-order chi connectivity index (χ1) is 13.7. The van der Waals surface area contributed by atoms with Crippen molar-refractivity contribution in [3.8, 4) is 11.3 Å². The maximum absolute atomic E-state index is 12.4. The maximum atomic E-state index is 12.4. The van der Waals surface area contributed by atoms with E-state index in [4.69, 9.17) is 14.0 Å². The van der Waals surface area contributed by atoms with E-state index >= 15 is 0 Å². The molecule has 0 atom stereocenters. The molecule has 8 nitrogen and oxygen atoms in total. The Kier molecular flexibility index (Phi) is 5.68. The van der Waals surface area contributed by atoms with Gasteiger partial charge in [0.1, 0.15) is 0 Å². The van der Waals surface area contributed by atoms with Gasteiger partial charge in [-0.25, -0.2) is 0 Å². The first-order valence-electron chi connectivity index (χ1n) is 9.52. The molecule has 0 radical (unpaired) electrons. The molecule has 0 spiro atoms. The summed E-state index contributed by atoms with van der Waals surface area (Å²) in [6, 6.07) is 11.0. The summed E-state index contributed by atoms with van der Waals surface area (Å²) < 4.78 is 16.3. The lowest BCUT2D eigenvalue weighted by Crippen LogP contribution is -2.45. The van der Waals surface area contributed by atoms with E-state index in [1.54, 1.807) is 11.0 Å². The van der Waals surface area contributed by atoms with Gasteiger partial charge in [-0.3, -0.25) is 9.59 Å². The topological polar surface area (TPSA) is 93.9 Å². The van der Waals surface area contributed by atoms with Crippen molar-refractivity contribution in [2.24, 2.45) is 5.92 Å². The van der Waals surface area contributed by atoms with Crippen molar-refractivity contribution in [3.05, 3.63) is 42.1 Å². The van der Waals surface area contributed by atoms with Crippen molar-refractivity contribution in [2.75, 3.05) is 32.8 Å². The number of benzene rings is 1. The Balaban J connectivity index is 1.25. The normalized spacial score (nSPS) is 18.4. The minimum atomic E-state index is -0.429. The van der Waals surface area contributed by atoms with Gasteiger partial charge in [0.05, 0.1) is 19.8 Å². The molecular formula is C20H23N3O5. The van der Waals surface area contributed by atoms with Gasteiger partial charge in [0.15, 0.2) is 17.7 Å². The number of nitrogens with one attached hydrogen (secondary N) is 1. The Morgan fingerprint density at radius 3 is 2.54 bits per heavy atom. The third-order valence-electron chi connectivity index (χ3n) is 5.13. The Morgan fingerprint density at radius 1 is 1.11 bits per heavy atom. The van der Waals surface area contributed by atoms with Gasteiger partial charge in [-0.1, -0.05) is 35.5 Å². The number of aromatic nitrogens is 1. The van der Waals surface area contributed by atoms with Crippen LogP contribution in [0, 0.1) is 5.92 Å². The Hall–Kier alpha value is -2.71. The van der Waals surface area contributed by atoms with Gasteiger partial charge in [0.2, 0.25) is 5.91 Å². The van der Waals surface area contributed by atoms with Crippen LogP contribution in [-0.2, 0) is 14.3 Å². The van der Waals surface area contributed by atoms with Crippen LogP contribution in [-0.4, -0.2) is 61.0 Å². The summed E-state index contributed by atoms with van der Waals surface area (Å²) in [6.07, 6.45) is 1.55. The average molecular weight is 385 g/mol. The molecule has 1 aromatic heterocycles. The third-order valence-corrected chi connectivity index (χ3v) is 5.13. The summed E-state index contributed by atoms with van der Waals surface area (Å²) in [4.78, 5) is 26.4. The molecule has 1 aromatic carbocycles. The number of rotatable bonds is 5. The molecule has 2 aliphatic heterocycles. The van der Waals surface area contributed by atoms with Gasteiger partial charge >= 0.3 is 0 Å². The second kappa shape index (κ2) is 8.53. The zero-order valence-electron chi connectivity index (χ0n) is 15.5. The van der Waals surface area contributed by atoms with Gasteiger partial charge < -0.3 is 24.2 Å². The fraction of sp³-hybridized carbons (Fsp3) is 0.450. The van der Waals surface area contributed by atoms with Crippen LogP contribution in [0.5, 0.6) is 0 Å². The number of hydrogen-bond donors (Lipinski definition) is 1. The number of ether oxygens (including phenoxy) is 2. The summed E-state index contributed by atoms with van der Waals surface area (Å²) in [6.45, 7) is 2.51. The van der Waals surface area contributed by atoms with E-state index in [-0.39, 0.29) is 24.4 Å². The second-order valence-electron chi connectivity index (χ2n) is 6.95. The number of amides is 2. The molecule has 8 heteroatoms. The monoisotopic (exact) mass is 385 g/mol. The molecule has 0 bridgehead atoms. The minimum Gasteiger partial charge on any atom is -0.355 e. The largest absolute Gasteiger partial charge is 0.355 e. The number of carbonyl (C=O) groups is 2. The van der Waals surface area contributed by atoms with Crippen molar-refractivity contribution in [3.63, 3.8) is 0 Å². The van der Waals surface area contributed by atoms with Crippen LogP contribution in [0.4, 0.5) is 0 Å². The van der Waals surface area contributed by atoms with Crippen molar-refractivity contribution in [1.29, 1.82) is 0 Å². The van der Waals surface area contributed by atoms with Gasteiger partial charge in [-0.2, -0.15) is 0 Å². The Morgan fingerprint density at radius 2 is 1.82 bits per heavy atom. The summed E-state index contributed by atoms with van der Waals surface area (Å²) in [5, 5.41) is 6.42. The number of nitrogens with zero attached hydrogens (tertiary/aromatic N) is 2. The van der Waals surface area contributed by atoms with Crippen LogP contribution in [0.2, 0.25) is 0 Å². The van der Waals surface area contributed by atoms with Crippen molar-refractivity contribution in [1.82, 2.24) is 15.4 Å². The third kappa shape index (κ3) is 4.23. The van der Waals surface area contributed by atoms with E-state index in [0.29, 0.717) is 38.0 Å². The molecule has 0 saturated carbocycles. The molecule has 0 aliphatic carbocycles. The van der Waals surface area contributed by atoms with Gasteiger partial charge in [0.25, 0.3) is 5.91 Å². The number of carbonyl (C=O) groups excluding carboxylic acids is 2. The quantitative estimate of drug-likeness (QED) is 0.842. The van der Waals surface area contributed by atoms with E-state index < -0.39 is 5.91 Å². The fourth-order valence-corrected chi connectivity index (χ4v) is 3.55. The van der Waals surface area contributed by atoms with E-state index in [2.05, 4.69) is 10.5 Å². The molecule has 4 rings (SSSR count). The standard InChI is InChI=1S/C20H23N3O5/c24-18(23-8-6-15(7-9-23)20-26-10-11-27-20)13-21-19(25)16-12-17(28-22-16)14-4-2-1-3-5-14/h1-5,12,15,20H,6-11,13H2,(H,21,25). The highest BCUT2D eigenvalue weighted by atomic mass is 16.7. The average Bonchev–Trinajstić information content (AvgIpc) is 3.45. The lowest BCUT2D eigenvalue weighted by molar-refractivity contribution is -0.135. The van der Waals surface area contributed by atoms with Crippen molar-refractivity contribution in [2.45, 2.75) is 19.1 Å². The molecular weight excluding hydrogens is 362 g/mol. The highest BCUT2D eigenvalue weighted by molar-refractivity contribution is 5.95. The molecule has 1 N–H and O–H groups in total. The van der Waals surface area contributed by atoms with Crippen LogP contribution in [0.3, 0.4) is 0 Å². The predicted molar refractivity (Wildman–Crippen MR) is 99.3 cm³/mol. The molecule has 3 heterocycles. The Labute approximate surface area is 162 Å². The highest BCUT2D eigenvalue weighted by Crippen LogP contribution is 2.25. The number of hydrogen-bond acceptors (Lipinski definition) is 6. The summed E-state index contributed by atoms with van der Waals surface area (Å²) in [5.74, 6) is 0.303. The van der Waals surface area contributed by atoms with Crippen LogP contribution >= 0.6 is 0 Å². The van der Waals surface area contributed by atoms with E-state index in [1.807, 2.05) is 30.3 Å². The van der Waals surface area contributed by atoms with Crippen LogP contribution in [0.25, 0.3) is 11.3 Å². The van der Waals surface area contributed by atoms with Gasteiger partial charge in [0, 0.05) is 30.6 Å². The van der Waals surface area contributed by atoms with Gasteiger partial charge in [-0.15, -0.1) is 0 Å². The SMILES string of the molecule is O=C(NCC(=O)N1CCC(C2OCCO2)CC1)c1cc(-c2ccccc2)on1. The lowest BCUT2D eigenvalue weighted by Gasteiger charge is -2.33. The molecule has 2 aromatic rings. The van der Waals surface area contributed by atoms with Crippen molar-refractivity contribution < 1.29 is 23.6 Å². The van der Waals surface area contributed by atoms with Gasteiger partial charge in [-0.05, 0) is 12.8 Å². The molecule has 0 unspecified atom stereocenters. The van der Waals surface area contributed by atoms with E-state index in [1.165, 1.54) is 0 Å². The molecule has 2 aliphatic rings. The molecule has 2 amide bonds. The molecule has 2 saturated heterocycles. The van der Waals surface area contributed by atoms with E-state index in [0.717, 1.165) is 18.4 Å².